The molecule has 1 aromatic carbocycles. The van der Waals surface area contributed by atoms with Gasteiger partial charge in [-0.15, -0.1) is 0 Å². The Hall–Kier alpha value is -1.83. The number of benzene rings is 1. The van der Waals surface area contributed by atoms with E-state index < -0.39 is 0 Å². The van der Waals surface area contributed by atoms with Crippen molar-refractivity contribution in [1.82, 2.24) is 4.57 Å². The Bertz CT molecular complexity index is 534. The smallest absolute Gasteiger partial charge is 0.152 e. The molecule has 0 aliphatic heterocycles. The summed E-state index contributed by atoms with van der Waals surface area (Å²) in [6.07, 6.45) is 5.46. The molecule has 2 rings (SSSR count). The van der Waals surface area contributed by atoms with Crippen LogP contribution in [0.3, 0.4) is 0 Å². The second-order valence-corrected chi connectivity index (χ2v) is 3.69. The van der Waals surface area contributed by atoms with Crippen LogP contribution in [0.15, 0.2) is 36.5 Å². The zero-order chi connectivity index (χ0) is 10.8. The number of carbonyl (C=O) groups is 1. The molecule has 0 amide bonds. The van der Waals surface area contributed by atoms with E-state index in [0.717, 1.165) is 5.56 Å². The number of ketones is 1. The molecule has 0 spiro atoms. The molecule has 0 bridgehead atoms. The van der Waals surface area contributed by atoms with Crippen molar-refractivity contribution in [3.63, 3.8) is 0 Å². The maximum absolute atomic E-state index is 10.8. The van der Waals surface area contributed by atoms with E-state index in [1.54, 1.807) is 13.0 Å². The molecular weight excluding hydrogens is 186 g/mol. The molecule has 0 aliphatic rings. The van der Waals surface area contributed by atoms with Crippen LogP contribution in [0.2, 0.25) is 0 Å². The largest absolute Gasteiger partial charge is 0.351 e. The van der Waals surface area contributed by atoms with Gasteiger partial charge in [0.15, 0.2) is 5.78 Å². The fourth-order valence-corrected chi connectivity index (χ4v) is 1.62. The summed E-state index contributed by atoms with van der Waals surface area (Å²) in [4.78, 5) is 10.8. The highest BCUT2D eigenvalue weighted by atomic mass is 16.1. The van der Waals surface area contributed by atoms with Gasteiger partial charge >= 0.3 is 0 Å². The van der Waals surface area contributed by atoms with Crippen LogP contribution in [0, 0.1) is 0 Å². The fourth-order valence-electron chi connectivity index (χ4n) is 1.62. The van der Waals surface area contributed by atoms with Gasteiger partial charge in [-0.2, -0.15) is 0 Å². The van der Waals surface area contributed by atoms with Crippen molar-refractivity contribution in [3.8, 4) is 0 Å². The summed E-state index contributed by atoms with van der Waals surface area (Å²) in [5.74, 6) is 0.0724. The third-order valence-electron chi connectivity index (χ3n) is 2.42. The average molecular weight is 199 g/mol. The SMILES string of the molecule is CC(=O)/C=C/c1ccc2c(ccn2C)c1. The highest BCUT2D eigenvalue weighted by molar-refractivity contribution is 5.92. The van der Waals surface area contributed by atoms with Gasteiger partial charge in [0.1, 0.15) is 0 Å². The standard InChI is InChI=1S/C13H13NO/c1-10(15)3-4-11-5-6-13-12(9-11)7-8-14(13)2/h3-9H,1-2H3/b4-3+. The third-order valence-corrected chi connectivity index (χ3v) is 2.42. The van der Waals surface area contributed by atoms with Crippen LogP contribution in [0.4, 0.5) is 0 Å². The molecule has 0 saturated heterocycles. The van der Waals surface area contributed by atoms with Gasteiger partial charge in [-0.25, -0.2) is 0 Å². The molecule has 0 radical (unpaired) electrons. The number of fused-ring (bicyclic) bond motifs is 1. The third kappa shape index (κ3) is 1.99. The molecule has 1 aromatic heterocycles. The Labute approximate surface area is 88.8 Å². The Balaban J connectivity index is 2.43. The number of nitrogens with zero attached hydrogens (tertiary/aromatic N) is 1. The lowest BCUT2D eigenvalue weighted by Gasteiger charge is -1.97. The molecule has 76 valence electrons. The minimum atomic E-state index is 0.0724. The lowest BCUT2D eigenvalue weighted by atomic mass is 10.1. The summed E-state index contributed by atoms with van der Waals surface area (Å²) < 4.78 is 2.08. The van der Waals surface area contributed by atoms with Crippen LogP contribution in [0.1, 0.15) is 12.5 Å². The van der Waals surface area contributed by atoms with E-state index in [2.05, 4.69) is 22.8 Å². The fraction of sp³-hybridized carbons (Fsp3) is 0.154. The van der Waals surface area contributed by atoms with E-state index in [9.17, 15) is 4.79 Å². The minimum Gasteiger partial charge on any atom is -0.351 e. The molecule has 2 aromatic rings. The zero-order valence-corrected chi connectivity index (χ0v) is 8.90. The van der Waals surface area contributed by atoms with Gasteiger partial charge in [0, 0.05) is 24.1 Å². The summed E-state index contributed by atoms with van der Waals surface area (Å²) >= 11 is 0. The predicted octanol–water partition coefficient (Wildman–Crippen LogP) is 2.78. The molecule has 2 nitrogen and oxygen atoms in total. The molecule has 0 N–H and O–H groups in total. The number of hydrogen-bond acceptors (Lipinski definition) is 1. The Morgan fingerprint density at radius 1 is 1.33 bits per heavy atom. The quantitative estimate of drug-likeness (QED) is 0.682. The summed E-state index contributed by atoms with van der Waals surface area (Å²) in [6.45, 7) is 1.55. The number of aryl methyl sites for hydroxylation is 1. The van der Waals surface area contributed by atoms with Gasteiger partial charge in [0.25, 0.3) is 0 Å². The maximum atomic E-state index is 10.8. The minimum absolute atomic E-state index is 0.0724. The monoisotopic (exact) mass is 199 g/mol. The van der Waals surface area contributed by atoms with Crippen molar-refractivity contribution >= 4 is 22.8 Å². The highest BCUT2D eigenvalue weighted by Gasteiger charge is 1.97. The van der Waals surface area contributed by atoms with Crippen molar-refractivity contribution < 1.29 is 4.79 Å². The molecule has 0 unspecified atom stereocenters. The zero-order valence-electron chi connectivity index (χ0n) is 8.90. The highest BCUT2D eigenvalue weighted by Crippen LogP contribution is 2.17. The number of allylic oxidation sites excluding steroid dienone is 1. The summed E-state index contributed by atoms with van der Waals surface area (Å²) in [5.41, 5.74) is 2.26. The van der Waals surface area contributed by atoms with Crippen molar-refractivity contribution in [2.24, 2.45) is 7.05 Å². The van der Waals surface area contributed by atoms with Crippen molar-refractivity contribution in [2.75, 3.05) is 0 Å². The van der Waals surface area contributed by atoms with Crippen LogP contribution in [0.5, 0.6) is 0 Å². The van der Waals surface area contributed by atoms with E-state index >= 15 is 0 Å². The molecule has 1 heterocycles. The van der Waals surface area contributed by atoms with E-state index in [-0.39, 0.29) is 5.78 Å². The summed E-state index contributed by atoms with van der Waals surface area (Å²) in [7, 11) is 2.02. The van der Waals surface area contributed by atoms with Gasteiger partial charge in [0.05, 0.1) is 0 Å². The second-order valence-electron chi connectivity index (χ2n) is 3.69. The molecule has 0 aliphatic carbocycles. The van der Waals surface area contributed by atoms with E-state index in [1.807, 2.05) is 25.4 Å². The number of rotatable bonds is 2. The topological polar surface area (TPSA) is 22.0 Å². The van der Waals surface area contributed by atoms with E-state index in [1.165, 1.54) is 10.9 Å². The Morgan fingerprint density at radius 3 is 2.87 bits per heavy atom. The molecule has 0 fully saturated rings. The summed E-state index contributed by atoms with van der Waals surface area (Å²) in [6, 6.07) is 8.23. The van der Waals surface area contributed by atoms with Crippen molar-refractivity contribution in [3.05, 3.63) is 42.1 Å². The molecule has 0 saturated carbocycles. The van der Waals surface area contributed by atoms with Gasteiger partial charge < -0.3 is 4.57 Å². The van der Waals surface area contributed by atoms with Crippen molar-refractivity contribution in [1.29, 1.82) is 0 Å². The molecule has 15 heavy (non-hydrogen) atoms. The average Bonchev–Trinajstić information content (AvgIpc) is 2.57. The summed E-state index contributed by atoms with van der Waals surface area (Å²) in [5, 5.41) is 1.20. The van der Waals surface area contributed by atoms with E-state index in [0.29, 0.717) is 0 Å². The van der Waals surface area contributed by atoms with Crippen LogP contribution < -0.4 is 0 Å². The van der Waals surface area contributed by atoms with Crippen LogP contribution in [0.25, 0.3) is 17.0 Å². The van der Waals surface area contributed by atoms with Gasteiger partial charge in [0.2, 0.25) is 0 Å². The van der Waals surface area contributed by atoms with Crippen LogP contribution >= 0.6 is 0 Å². The second kappa shape index (κ2) is 3.73. The number of hydrogen-bond donors (Lipinski definition) is 0. The Kier molecular flexibility index (Phi) is 2.42. The van der Waals surface area contributed by atoms with E-state index in [4.69, 9.17) is 0 Å². The number of aromatic nitrogens is 1. The van der Waals surface area contributed by atoms with Crippen molar-refractivity contribution in [2.45, 2.75) is 6.92 Å². The number of carbonyl (C=O) groups excluding carboxylic acids is 1. The molecule has 2 heteroatoms. The Morgan fingerprint density at radius 2 is 2.13 bits per heavy atom. The maximum Gasteiger partial charge on any atom is 0.152 e. The van der Waals surface area contributed by atoms with Gasteiger partial charge in [-0.3, -0.25) is 4.79 Å². The first kappa shape index (κ1) is 9.71. The van der Waals surface area contributed by atoms with Gasteiger partial charge in [-0.05, 0) is 36.8 Å². The first-order valence-electron chi connectivity index (χ1n) is 4.90. The first-order chi connectivity index (χ1) is 7.16. The lowest BCUT2D eigenvalue weighted by Crippen LogP contribution is -1.84. The normalized spacial score (nSPS) is 11.3. The predicted molar refractivity (Wildman–Crippen MR) is 62.6 cm³/mol. The molecule has 0 atom stereocenters. The molecular formula is C13H13NO. The lowest BCUT2D eigenvalue weighted by molar-refractivity contribution is -0.112. The van der Waals surface area contributed by atoms with Crippen LogP contribution in [-0.2, 0) is 11.8 Å². The van der Waals surface area contributed by atoms with Gasteiger partial charge in [-0.1, -0.05) is 12.1 Å². The first-order valence-corrected chi connectivity index (χ1v) is 4.90. The van der Waals surface area contributed by atoms with Crippen LogP contribution in [-0.4, -0.2) is 10.4 Å².